The molecule has 0 aromatic heterocycles. The quantitative estimate of drug-likeness (QED) is 0.341. The molecule has 3 rings (SSSR count). The topological polar surface area (TPSA) is 72.2 Å². The molecule has 1 aromatic rings. The summed E-state index contributed by atoms with van der Waals surface area (Å²) in [4.78, 5) is 11.5. The summed E-state index contributed by atoms with van der Waals surface area (Å²) in [6.45, 7) is 16.0. The van der Waals surface area contributed by atoms with Crippen LogP contribution in [-0.2, 0) is 6.42 Å². The summed E-state index contributed by atoms with van der Waals surface area (Å²) in [6, 6.07) is 8.94. The van der Waals surface area contributed by atoms with Gasteiger partial charge in [0.15, 0.2) is 0 Å². The molecule has 0 saturated carbocycles. The third-order valence-electron chi connectivity index (χ3n) is 5.90. The summed E-state index contributed by atoms with van der Waals surface area (Å²) < 4.78 is 0. The second-order valence-corrected chi connectivity index (χ2v) is 8.29. The second-order valence-electron chi connectivity index (χ2n) is 8.29. The highest BCUT2D eigenvalue weighted by atomic mass is 16.3. The van der Waals surface area contributed by atoms with Crippen LogP contribution in [0, 0.1) is 0 Å². The number of aliphatic hydroxyl groups is 1. The van der Waals surface area contributed by atoms with Crippen LogP contribution in [0.25, 0.3) is 0 Å². The Morgan fingerprint density at radius 1 is 1.29 bits per heavy atom. The summed E-state index contributed by atoms with van der Waals surface area (Å²) in [6.07, 6.45) is 5.42. The van der Waals surface area contributed by atoms with E-state index in [0.717, 1.165) is 49.4 Å². The molecule has 6 nitrogen and oxygen atoms in total. The van der Waals surface area contributed by atoms with E-state index in [1.54, 1.807) is 12.3 Å². The Bertz CT molecular complexity index is 895. The number of para-hydroxylation sites is 1. The van der Waals surface area contributed by atoms with Gasteiger partial charge in [-0.05, 0) is 64.8 Å². The van der Waals surface area contributed by atoms with Crippen molar-refractivity contribution in [1.82, 2.24) is 10.6 Å². The molecule has 1 unspecified atom stereocenters. The molecule has 0 aliphatic carbocycles. The van der Waals surface area contributed by atoms with Crippen LogP contribution in [0.1, 0.15) is 39.2 Å². The van der Waals surface area contributed by atoms with Crippen molar-refractivity contribution in [2.45, 2.75) is 58.3 Å². The fraction of sp³-hybridized carbons (Fsp3) is 0.440. The van der Waals surface area contributed by atoms with Crippen LogP contribution in [0.3, 0.4) is 0 Å². The van der Waals surface area contributed by atoms with Crippen LogP contribution in [0.2, 0.25) is 0 Å². The summed E-state index contributed by atoms with van der Waals surface area (Å²) in [5, 5.41) is 17.4. The van der Waals surface area contributed by atoms with E-state index >= 15 is 0 Å². The van der Waals surface area contributed by atoms with Crippen molar-refractivity contribution in [2.75, 3.05) is 18.0 Å². The van der Waals surface area contributed by atoms with Crippen LogP contribution in [0.4, 0.5) is 5.69 Å². The zero-order valence-corrected chi connectivity index (χ0v) is 18.9. The molecule has 166 valence electrons. The van der Waals surface area contributed by atoms with Crippen molar-refractivity contribution in [3.05, 3.63) is 66.2 Å². The van der Waals surface area contributed by atoms with E-state index in [1.807, 2.05) is 19.9 Å². The van der Waals surface area contributed by atoms with E-state index < -0.39 is 6.23 Å². The van der Waals surface area contributed by atoms with Crippen LogP contribution >= 0.6 is 0 Å². The van der Waals surface area contributed by atoms with Crippen LogP contribution in [0.15, 0.2) is 70.6 Å². The minimum absolute atomic E-state index is 0.268. The molecule has 1 fully saturated rings. The highest BCUT2D eigenvalue weighted by Crippen LogP contribution is 2.37. The number of allylic oxidation sites excluding steroid dienone is 2. The number of hydrogen-bond donors (Lipinski definition) is 3. The lowest BCUT2D eigenvalue weighted by molar-refractivity contribution is 0.173. The van der Waals surface area contributed by atoms with Gasteiger partial charge in [-0.1, -0.05) is 37.4 Å². The molecule has 3 N–H and O–H groups in total. The average Bonchev–Trinajstić information content (AvgIpc) is 3.11. The van der Waals surface area contributed by atoms with Gasteiger partial charge in [-0.2, -0.15) is 0 Å². The molecule has 2 heterocycles. The van der Waals surface area contributed by atoms with Gasteiger partial charge in [0.25, 0.3) is 0 Å². The Morgan fingerprint density at radius 2 is 2.00 bits per heavy atom. The zero-order valence-electron chi connectivity index (χ0n) is 18.9. The van der Waals surface area contributed by atoms with Gasteiger partial charge in [-0.25, -0.2) is 4.99 Å². The first-order valence-corrected chi connectivity index (χ1v) is 11.0. The maximum absolute atomic E-state index is 10.8. The molecule has 0 amide bonds. The number of fused-ring (bicyclic) bond motifs is 1. The Kier molecular flexibility index (Phi) is 7.96. The number of aliphatic hydroxyl groups excluding tert-OH is 1. The minimum Gasteiger partial charge on any atom is -0.373 e. The van der Waals surface area contributed by atoms with Crippen LogP contribution in [-0.4, -0.2) is 48.4 Å². The van der Waals surface area contributed by atoms with Gasteiger partial charge in [0.2, 0.25) is 0 Å². The lowest BCUT2D eigenvalue weighted by Gasteiger charge is -2.29. The van der Waals surface area contributed by atoms with Gasteiger partial charge in [0.05, 0.1) is 17.1 Å². The van der Waals surface area contributed by atoms with Gasteiger partial charge in [-0.15, -0.1) is 0 Å². The summed E-state index contributed by atoms with van der Waals surface area (Å²) in [7, 11) is 0. The molecule has 2 atom stereocenters. The van der Waals surface area contributed by atoms with Gasteiger partial charge in [0, 0.05) is 24.0 Å². The molecular weight excluding hydrogens is 386 g/mol. The molecule has 2 aliphatic rings. The normalized spacial score (nSPS) is 21.7. The maximum atomic E-state index is 10.8. The molecule has 31 heavy (non-hydrogen) atoms. The van der Waals surface area contributed by atoms with E-state index in [9.17, 15) is 5.11 Å². The number of nitrogens with one attached hydrogen (secondary N) is 2. The first-order chi connectivity index (χ1) is 14.9. The molecule has 1 aromatic carbocycles. The summed E-state index contributed by atoms with van der Waals surface area (Å²) >= 11 is 0. The molecule has 6 heteroatoms. The van der Waals surface area contributed by atoms with E-state index in [1.165, 1.54) is 5.56 Å². The van der Waals surface area contributed by atoms with E-state index in [4.69, 9.17) is 4.99 Å². The Morgan fingerprint density at radius 3 is 2.71 bits per heavy atom. The van der Waals surface area contributed by atoms with Crippen molar-refractivity contribution in [2.24, 2.45) is 9.98 Å². The predicted molar refractivity (Wildman–Crippen MR) is 131 cm³/mol. The lowest BCUT2D eigenvalue weighted by Crippen LogP contribution is -2.47. The third-order valence-corrected chi connectivity index (χ3v) is 5.90. The number of benzene rings is 1. The van der Waals surface area contributed by atoms with Crippen LogP contribution < -0.4 is 15.5 Å². The molecule has 1 saturated heterocycles. The van der Waals surface area contributed by atoms with Gasteiger partial charge in [-0.3, -0.25) is 10.3 Å². The van der Waals surface area contributed by atoms with E-state index in [0.29, 0.717) is 11.4 Å². The Balaban J connectivity index is 1.89. The van der Waals surface area contributed by atoms with Gasteiger partial charge < -0.3 is 15.3 Å². The third kappa shape index (κ3) is 5.58. The lowest BCUT2D eigenvalue weighted by atomic mass is 10.1. The average molecular weight is 422 g/mol. The van der Waals surface area contributed by atoms with Crippen LogP contribution in [0.5, 0.6) is 0 Å². The Labute approximate surface area is 186 Å². The number of nitrogens with zero attached hydrogens (tertiary/aromatic N) is 3. The zero-order chi connectivity index (χ0) is 22.4. The first-order valence-electron chi connectivity index (χ1n) is 11.0. The van der Waals surface area contributed by atoms with Gasteiger partial charge in [0.1, 0.15) is 11.9 Å². The molecular formula is C25H35N5O. The number of piperidine rings is 1. The smallest absolute Gasteiger partial charge is 0.144 e. The predicted octanol–water partition coefficient (Wildman–Crippen LogP) is 3.56. The number of rotatable bonds is 8. The standard InChI is InChI=1S/C25H35N5O/c1-6-13-27-18(3)24(28-19(4)25(31)29-22-11-14-26-15-12-22)20(5)30-17(2)16-21-9-7-8-10-23(21)30/h6-10,13,17,22,25-26,29,31H,1,5,11-12,14-16H2,2-4H3/b24-18+,27-13-,28-19+/t17-,25?/m1/s1. The van der Waals surface area contributed by atoms with E-state index in [-0.39, 0.29) is 12.1 Å². The first kappa shape index (κ1) is 23.1. The van der Waals surface area contributed by atoms with Crippen molar-refractivity contribution < 1.29 is 5.11 Å². The second kappa shape index (κ2) is 10.7. The summed E-state index contributed by atoms with van der Waals surface area (Å²) in [5.74, 6) is 0. The molecule has 2 aliphatic heterocycles. The van der Waals surface area contributed by atoms with E-state index in [2.05, 4.69) is 58.8 Å². The van der Waals surface area contributed by atoms with Crippen molar-refractivity contribution in [3.63, 3.8) is 0 Å². The largest absolute Gasteiger partial charge is 0.373 e. The highest BCUT2D eigenvalue weighted by molar-refractivity contribution is 5.87. The molecule has 0 spiro atoms. The minimum atomic E-state index is -0.814. The number of hydrogen-bond acceptors (Lipinski definition) is 6. The molecule has 0 radical (unpaired) electrons. The number of aliphatic imine (C=N–C) groups is 2. The number of anilines is 1. The molecule has 0 bridgehead atoms. The van der Waals surface area contributed by atoms with Gasteiger partial charge >= 0.3 is 0 Å². The fourth-order valence-electron chi connectivity index (χ4n) is 4.24. The monoisotopic (exact) mass is 421 g/mol. The SMILES string of the molecule is C=C\C=N/C(C)=C(/N=C(\C)C(O)NC1CCNCC1)C(=C)N1c2ccccc2C[C@H]1C. The van der Waals surface area contributed by atoms with Crippen molar-refractivity contribution in [3.8, 4) is 0 Å². The van der Waals surface area contributed by atoms with Crippen molar-refractivity contribution in [1.29, 1.82) is 0 Å². The Hall–Kier alpha value is -2.54. The highest BCUT2D eigenvalue weighted by Gasteiger charge is 2.29. The summed E-state index contributed by atoms with van der Waals surface area (Å²) in [5.41, 5.74) is 5.24. The van der Waals surface area contributed by atoms with Crippen molar-refractivity contribution >= 4 is 17.6 Å². The maximum Gasteiger partial charge on any atom is 0.144 e. The fourth-order valence-corrected chi connectivity index (χ4v) is 4.24.